The predicted molar refractivity (Wildman–Crippen MR) is 79.9 cm³/mol. The van der Waals surface area contributed by atoms with Crippen molar-refractivity contribution >= 4 is 22.9 Å². The summed E-state index contributed by atoms with van der Waals surface area (Å²) in [4.78, 5) is 5.18. The molecule has 94 valence electrons. The summed E-state index contributed by atoms with van der Waals surface area (Å²) in [7, 11) is 0. The molecule has 0 unspecified atom stereocenters. The van der Waals surface area contributed by atoms with Crippen LogP contribution < -0.4 is 0 Å². The molecule has 0 bridgehead atoms. The van der Waals surface area contributed by atoms with Crippen molar-refractivity contribution in [2.24, 2.45) is 0 Å². The Bertz CT molecular complexity index is 368. The number of thiazole rings is 1. The third-order valence-corrected chi connectivity index (χ3v) is 2.64. The first kappa shape index (κ1) is 16.1. The summed E-state index contributed by atoms with van der Waals surface area (Å²) >= 11 is 7.39. The van der Waals surface area contributed by atoms with E-state index in [4.69, 9.17) is 11.6 Å². The maximum atomic E-state index is 5.76. The van der Waals surface area contributed by atoms with Crippen LogP contribution in [-0.2, 0) is 0 Å². The molecule has 2 aromatic rings. The zero-order chi connectivity index (χ0) is 13.1. The largest absolute Gasteiger partial charge is 0.252 e. The number of hydrogen-bond acceptors (Lipinski definition) is 2. The highest BCUT2D eigenvalue weighted by molar-refractivity contribution is 7.13. The molecule has 0 radical (unpaired) electrons. The minimum Gasteiger partial charge on any atom is -0.252 e. The summed E-state index contributed by atoms with van der Waals surface area (Å²) < 4.78 is 0. The van der Waals surface area contributed by atoms with Gasteiger partial charge in [-0.15, -0.1) is 11.3 Å². The molecular weight excluding hydrogens is 250 g/mol. The Morgan fingerprint density at radius 2 is 1.65 bits per heavy atom. The van der Waals surface area contributed by atoms with Gasteiger partial charge in [0.2, 0.25) is 0 Å². The monoisotopic (exact) mass is 269 g/mol. The SMILES string of the molecule is CC.CCC.Clc1ccc(-c2cncs2)cc1. The Morgan fingerprint density at radius 1 is 1.12 bits per heavy atom. The van der Waals surface area contributed by atoms with E-state index in [-0.39, 0.29) is 0 Å². The third-order valence-electron chi connectivity index (χ3n) is 1.56. The average molecular weight is 270 g/mol. The van der Waals surface area contributed by atoms with E-state index >= 15 is 0 Å². The lowest BCUT2D eigenvalue weighted by Crippen LogP contribution is -1.70. The van der Waals surface area contributed by atoms with Crippen molar-refractivity contribution in [3.8, 4) is 10.4 Å². The van der Waals surface area contributed by atoms with Crippen molar-refractivity contribution < 1.29 is 0 Å². The normalized spacial score (nSPS) is 8.53. The number of rotatable bonds is 1. The van der Waals surface area contributed by atoms with Crippen molar-refractivity contribution in [1.29, 1.82) is 0 Å². The highest BCUT2D eigenvalue weighted by Gasteiger charge is 1.97. The van der Waals surface area contributed by atoms with Crippen LogP contribution in [0.2, 0.25) is 5.02 Å². The highest BCUT2D eigenvalue weighted by atomic mass is 35.5. The molecule has 1 aromatic carbocycles. The molecule has 0 aliphatic carbocycles. The zero-order valence-corrected chi connectivity index (χ0v) is 12.5. The van der Waals surface area contributed by atoms with E-state index in [0.29, 0.717) is 0 Å². The van der Waals surface area contributed by atoms with Gasteiger partial charge in [-0.3, -0.25) is 4.98 Å². The van der Waals surface area contributed by atoms with E-state index < -0.39 is 0 Å². The first-order chi connectivity index (χ1) is 8.27. The summed E-state index contributed by atoms with van der Waals surface area (Å²) in [6.07, 6.45) is 3.11. The molecule has 0 atom stereocenters. The lowest BCUT2D eigenvalue weighted by atomic mass is 10.2. The molecule has 0 saturated carbocycles. The number of halogens is 1. The molecule has 0 amide bonds. The van der Waals surface area contributed by atoms with Gasteiger partial charge in [0.15, 0.2) is 0 Å². The maximum absolute atomic E-state index is 5.76. The van der Waals surface area contributed by atoms with E-state index in [0.717, 1.165) is 5.02 Å². The van der Waals surface area contributed by atoms with Gasteiger partial charge < -0.3 is 0 Å². The van der Waals surface area contributed by atoms with E-state index in [9.17, 15) is 0 Å². The second-order valence-corrected chi connectivity index (χ2v) is 4.40. The molecule has 0 spiro atoms. The lowest BCUT2D eigenvalue weighted by Gasteiger charge is -1.94. The first-order valence-electron chi connectivity index (χ1n) is 5.92. The van der Waals surface area contributed by atoms with Gasteiger partial charge in [-0.25, -0.2) is 0 Å². The molecule has 3 heteroatoms. The Labute approximate surface area is 113 Å². The molecule has 2 rings (SSSR count). The molecular formula is C14H20ClNS. The van der Waals surface area contributed by atoms with Crippen molar-refractivity contribution in [3.05, 3.63) is 41.0 Å². The fraction of sp³-hybridized carbons (Fsp3) is 0.357. The number of nitrogens with zero attached hydrogens (tertiary/aromatic N) is 1. The summed E-state index contributed by atoms with van der Waals surface area (Å²) in [5, 5.41) is 0.767. The quantitative estimate of drug-likeness (QED) is 0.627. The lowest BCUT2D eigenvalue weighted by molar-refractivity contribution is 1.09. The summed E-state index contributed by atoms with van der Waals surface area (Å²) in [5.74, 6) is 0. The van der Waals surface area contributed by atoms with E-state index in [2.05, 4.69) is 18.8 Å². The van der Waals surface area contributed by atoms with Crippen LogP contribution in [0, 0.1) is 0 Å². The zero-order valence-electron chi connectivity index (χ0n) is 10.9. The number of aromatic nitrogens is 1. The van der Waals surface area contributed by atoms with Crippen molar-refractivity contribution in [2.45, 2.75) is 34.1 Å². The van der Waals surface area contributed by atoms with Crippen LogP contribution in [0.1, 0.15) is 34.1 Å². The van der Waals surface area contributed by atoms with Gasteiger partial charge in [0.25, 0.3) is 0 Å². The fourth-order valence-electron chi connectivity index (χ4n) is 0.972. The van der Waals surface area contributed by atoms with Crippen molar-refractivity contribution in [2.75, 3.05) is 0 Å². The van der Waals surface area contributed by atoms with Gasteiger partial charge in [-0.2, -0.15) is 0 Å². The Hall–Kier alpha value is -0.860. The predicted octanol–water partition coefficient (Wildman–Crippen LogP) is 5.91. The highest BCUT2D eigenvalue weighted by Crippen LogP contribution is 2.24. The minimum absolute atomic E-state index is 0.767. The average Bonchev–Trinajstić information content (AvgIpc) is 2.87. The molecule has 1 aromatic heterocycles. The van der Waals surface area contributed by atoms with E-state index in [1.54, 1.807) is 11.3 Å². The van der Waals surface area contributed by atoms with Crippen LogP contribution in [0.25, 0.3) is 10.4 Å². The fourth-order valence-corrected chi connectivity index (χ4v) is 1.73. The van der Waals surface area contributed by atoms with Crippen molar-refractivity contribution in [1.82, 2.24) is 4.98 Å². The summed E-state index contributed by atoms with van der Waals surface area (Å²) in [5.41, 5.74) is 2.99. The van der Waals surface area contributed by atoms with Crippen molar-refractivity contribution in [3.63, 3.8) is 0 Å². The molecule has 17 heavy (non-hydrogen) atoms. The molecule has 0 aliphatic heterocycles. The van der Waals surface area contributed by atoms with Gasteiger partial charge in [0, 0.05) is 11.2 Å². The van der Waals surface area contributed by atoms with Gasteiger partial charge in [-0.05, 0) is 17.7 Å². The van der Waals surface area contributed by atoms with Crippen LogP contribution in [0.3, 0.4) is 0 Å². The van der Waals surface area contributed by atoms with Crippen LogP contribution in [-0.4, -0.2) is 4.98 Å². The maximum Gasteiger partial charge on any atom is 0.0797 e. The molecule has 1 nitrogen and oxygen atoms in total. The van der Waals surface area contributed by atoms with Gasteiger partial charge in [0.05, 0.1) is 10.4 Å². The smallest absolute Gasteiger partial charge is 0.0797 e. The minimum atomic E-state index is 0.767. The first-order valence-corrected chi connectivity index (χ1v) is 7.18. The molecule has 0 fully saturated rings. The Kier molecular flexibility index (Phi) is 9.78. The molecule has 0 aliphatic rings. The second kappa shape index (κ2) is 10.3. The molecule has 0 N–H and O–H groups in total. The standard InChI is InChI=1S/C9H6ClNS.C3H8.C2H6/c10-8-3-1-7(2-4-8)9-5-11-6-12-9;1-3-2;1-2/h1-6H;3H2,1-2H3;1-2H3. The third kappa shape index (κ3) is 6.44. The van der Waals surface area contributed by atoms with Gasteiger partial charge in [0.1, 0.15) is 0 Å². The topological polar surface area (TPSA) is 12.9 Å². The summed E-state index contributed by atoms with van der Waals surface area (Å²) in [6, 6.07) is 7.76. The van der Waals surface area contributed by atoms with Crippen LogP contribution in [0.15, 0.2) is 36.0 Å². The molecule has 0 saturated heterocycles. The van der Waals surface area contributed by atoms with Gasteiger partial charge in [-0.1, -0.05) is 57.8 Å². The van der Waals surface area contributed by atoms with Crippen LogP contribution in [0.5, 0.6) is 0 Å². The van der Waals surface area contributed by atoms with Crippen LogP contribution in [0.4, 0.5) is 0 Å². The number of benzene rings is 1. The summed E-state index contributed by atoms with van der Waals surface area (Å²) in [6.45, 7) is 8.25. The Morgan fingerprint density at radius 3 is 2.06 bits per heavy atom. The Balaban J connectivity index is 0.000000450. The van der Waals surface area contributed by atoms with E-state index in [1.165, 1.54) is 16.9 Å². The van der Waals surface area contributed by atoms with E-state index in [1.807, 2.05) is 49.8 Å². The second-order valence-electron chi connectivity index (χ2n) is 3.08. The van der Waals surface area contributed by atoms with Crippen LogP contribution >= 0.6 is 22.9 Å². The molecule has 1 heterocycles. The van der Waals surface area contributed by atoms with Gasteiger partial charge >= 0.3 is 0 Å². The number of hydrogen-bond donors (Lipinski definition) is 0.